The summed E-state index contributed by atoms with van der Waals surface area (Å²) in [5.74, 6) is -0.810. The van der Waals surface area contributed by atoms with E-state index in [4.69, 9.17) is 4.74 Å². The molecule has 1 aliphatic heterocycles. The van der Waals surface area contributed by atoms with Gasteiger partial charge < -0.3 is 20.5 Å². The molecule has 0 spiro atoms. The van der Waals surface area contributed by atoms with Crippen LogP contribution in [0, 0.1) is 5.92 Å². The molecule has 0 saturated carbocycles. The monoisotopic (exact) mass is 464 g/mol. The normalized spacial score (nSPS) is 23.9. The highest BCUT2D eigenvalue weighted by molar-refractivity contribution is 5.88. The first kappa shape index (κ1) is 25.0. The van der Waals surface area contributed by atoms with Crippen molar-refractivity contribution >= 4 is 17.8 Å². The maximum absolute atomic E-state index is 13.4. The summed E-state index contributed by atoms with van der Waals surface area (Å²) in [4.78, 5) is 38.0. The van der Waals surface area contributed by atoms with Crippen LogP contribution in [0.2, 0.25) is 0 Å². The van der Waals surface area contributed by atoms with Crippen LogP contribution in [0.1, 0.15) is 49.8 Å². The molecule has 0 saturated heterocycles. The second-order valence-corrected chi connectivity index (χ2v) is 8.56. The van der Waals surface area contributed by atoms with Gasteiger partial charge in [-0.25, -0.2) is 0 Å². The second-order valence-electron chi connectivity index (χ2n) is 8.56. The molecular weight excluding hydrogens is 432 g/mol. The topological polar surface area (TPSA) is 105 Å². The lowest BCUT2D eigenvalue weighted by Gasteiger charge is -2.27. The van der Waals surface area contributed by atoms with Crippen LogP contribution in [0.25, 0.3) is 0 Å². The third-order valence-corrected chi connectivity index (χ3v) is 5.80. The van der Waals surface area contributed by atoms with Gasteiger partial charge in [-0.3, -0.25) is 14.4 Å². The van der Waals surface area contributed by atoms with Crippen molar-refractivity contribution in [3.05, 3.63) is 77.9 Å². The van der Waals surface area contributed by atoms with E-state index < -0.39 is 6.04 Å². The minimum absolute atomic E-state index is 0.114. The minimum Gasteiger partial charge on any atom is -0.508 e. The predicted molar refractivity (Wildman–Crippen MR) is 129 cm³/mol. The molecule has 0 aromatic heterocycles. The lowest BCUT2D eigenvalue weighted by Crippen LogP contribution is -2.49. The number of ether oxygens (including phenoxy) is 1. The first-order valence-electron chi connectivity index (χ1n) is 11.7. The Kier molecular flexibility index (Phi) is 9.26. The first-order valence-corrected chi connectivity index (χ1v) is 11.7. The van der Waals surface area contributed by atoms with Crippen LogP contribution in [0.3, 0.4) is 0 Å². The molecule has 0 bridgehead atoms. The van der Waals surface area contributed by atoms with Gasteiger partial charge in [0.05, 0.1) is 19.1 Å². The number of hydrogen-bond donors (Lipinski definition) is 3. The molecule has 2 aromatic carbocycles. The number of benzene rings is 2. The fourth-order valence-corrected chi connectivity index (χ4v) is 3.90. The summed E-state index contributed by atoms with van der Waals surface area (Å²) in [6, 6.07) is 15.1. The van der Waals surface area contributed by atoms with E-state index in [0.717, 1.165) is 11.1 Å². The molecule has 180 valence electrons. The van der Waals surface area contributed by atoms with Crippen LogP contribution in [-0.4, -0.2) is 35.5 Å². The summed E-state index contributed by atoms with van der Waals surface area (Å²) in [5.41, 5.74) is 1.75. The molecule has 7 heteroatoms. The molecule has 1 aliphatic rings. The maximum atomic E-state index is 13.4. The standard InChI is InChI=1S/C27H32N2O5/c1-19-8-7-12-25(32)34-17-6-5-11-24(31)28-23(18-20-13-15-22(30)16-14-20)27(33)29-26(19)21-9-3-2-4-10-21/h2-4,7-10,13-16,19,23,26,30H,5-6,11-12,17-18H2,1H3,(H,28,31)(H,29,33)/b8-7+/t19-,23+,26+/m1/s1. The highest BCUT2D eigenvalue weighted by atomic mass is 16.5. The smallest absolute Gasteiger partial charge is 0.309 e. The van der Waals surface area contributed by atoms with Crippen LogP contribution in [0.5, 0.6) is 5.75 Å². The fourth-order valence-electron chi connectivity index (χ4n) is 3.90. The van der Waals surface area contributed by atoms with E-state index in [1.54, 1.807) is 30.3 Å². The molecule has 34 heavy (non-hydrogen) atoms. The van der Waals surface area contributed by atoms with Gasteiger partial charge in [0.2, 0.25) is 11.8 Å². The van der Waals surface area contributed by atoms with Crippen molar-refractivity contribution in [2.75, 3.05) is 6.61 Å². The first-order chi connectivity index (χ1) is 16.4. The van der Waals surface area contributed by atoms with Gasteiger partial charge in [-0.1, -0.05) is 61.5 Å². The predicted octanol–water partition coefficient (Wildman–Crippen LogP) is 3.59. The maximum Gasteiger partial charge on any atom is 0.309 e. The number of aromatic hydroxyl groups is 1. The Morgan fingerprint density at radius 3 is 2.44 bits per heavy atom. The van der Waals surface area contributed by atoms with E-state index in [1.807, 2.05) is 43.3 Å². The van der Waals surface area contributed by atoms with E-state index in [1.165, 1.54) is 0 Å². The molecule has 0 fully saturated rings. The number of esters is 1. The third-order valence-electron chi connectivity index (χ3n) is 5.80. The van der Waals surface area contributed by atoms with E-state index in [9.17, 15) is 19.5 Å². The number of phenolic OH excluding ortho intramolecular Hbond substituents is 1. The number of amides is 2. The zero-order valence-electron chi connectivity index (χ0n) is 19.4. The Bertz CT molecular complexity index is 988. The molecule has 2 amide bonds. The highest BCUT2D eigenvalue weighted by Crippen LogP contribution is 2.24. The number of carbonyl (C=O) groups excluding carboxylic acids is 3. The van der Waals surface area contributed by atoms with Crippen molar-refractivity contribution < 1.29 is 24.2 Å². The largest absolute Gasteiger partial charge is 0.508 e. The third kappa shape index (κ3) is 7.76. The molecule has 0 radical (unpaired) electrons. The van der Waals surface area contributed by atoms with Crippen molar-refractivity contribution in [1.29, 1.82) is 0 Å². The Labute approximate surface area is 200 Å². The van der Waals surface area contributed by atoms with Crippen LogP contribution in [-0.2, 0) is 25.5 Å². The van der Waals surface area contributed by atoms with E-state index in [0.29, 0.717) is 19.3 Å². The Morgan fingerprint density at radius 2 is 1.71 bits per heavy atom. The van der Waals surface area contributed by atoms with Crippen molar-refractivity contribution in [3.63, 3.8) is 0 Å². The zero-order chi connectivity index (χ0) is 24.3. The average Bonchev–Trinajstić information content (AvgIpc) is 2.83. The Hall–Kier alpha value is -3.61. The van der Waals surface area contributed by atoms with Crippen molar-refractivity contribution in [1.82, 2.24) is 10.6 Å². The summed E-state index contributed by atoms with van der Waals surface area (Å²) in [6.07, 6.45) is 5.48. The minimum atomic E-state index is -0.773. The molecular formula is C27H32N2O5. The molecule has 2 aromatic rings. The van der Waals surface area contributed by atoms with Gasteiger partial charge in [-0.2, -0.15) is 0 Å². The Balaban J connectivity index is 1.87. The van der Waals surface area contributed by atoms with Gasteiger partial charge >= 0.3 is 5.97 Å². The van der Waals surface area contributed by atoms with Gasteiger partial charge in [0.15, 0.2) is 0 Å². The molecule has 1 heterocycles. The second kappa shape index (κ2) is 12.6. The molecule has 3 rings (SSSR count). The van der Waals surface area contributed by atoms with Gasteiger partial charge in [0.1, 0.15) is 11.8 Å². The number of rotatable bonds is 3. The molecule has 3 atom stereocenters. The summed E-state index contributed by atoms with van der Waals surface area (Å²) in [5, 5.41) is 15.6. The number of hydrogen-bond acceptors (Lipinski definition) is 5. The van der Waals surface area contributed by atoms with Crippen LogP contribution in [0.15, 0.2) is 66.7 Å². The van der Waals surface area contributed by atoms with E-state index >= 15 is 0 Å². The summed E-state index contributed by atoms with van der Waals surface area (Å²) < 4.78 is 5.24. The van der Waals surface area contributed by atoms with Crippen LogP contribution < -0.4 is 10.6 Å². The Morgan fingerprint density at radius 1 is 0.971 bits per heavy atom. The molecule has 3 N–H and O–H groups in total. The van der Waals surface area contributed by atoms with E-state index in [2.05, 4.69) is 10.6 Å². The van der Waals surface area contributed by atoms with Crippen LogP contribution in [0.4, 0.5) is 0 Å². The van der Waals surface area contributed by atoms with Crippen molar-refractivity contribution in [3.8, 4) is 5.75 Å². The zero-order valence-corrected chi connectivity index (χ0v) is 19.4. The highest BCUT2D eigenvalue weighted by Gasteiger charge is 2.26. The number of cyclic esters (lactones) is 1. The van der Waals surface area contributed by atoms with Crippen LogP contribution >= 0.6 is 0 Å². The summed E-state index contributed by atoms with van der Waals surface area (Å²) in [6.45, 7) is 2.23. The van der Waals surface area contributed by atoms with Gasteiger partial charge in [0.25, 0.3) is 0 Å². The lowest BCUT2D eigenvalue weighted by atomic mass is 9.93. The number of phenols is 1. The van der Waals surface area contributed by atoms with Crippen molar-refractivity contribution in [2.45, 2.75) is 51.1 Å². The van der Waals surface area contributed by atoms with E-state index in [-0.39, 0.29) is 54.9 Å². The molecule has 0 aliphatic carbocycles. The quantitative estimate of drug-likeness (QED) is 0.476. The SMILES string of the molecule is C[C@@H]1/C=C/CC(=O)OCCCCC(=O)N[C@@H](Cc2ccc(O)cc2)C(=O)N[C@@H]1c1ccccc1. The average molecular weight is 465 g/mol. The summed E-state index contributed by atoms with van der Waals surface area (Å²) in [7, 11) is 0. The lowest BCUT2D eigenvalue weighted by molar-refractivity contribution is -0.142. The van der Waals surface area contributed by atoms with Gasteiger partial charge in [-0.15, -0.1) is 0 Å². The molecule has 0 unspecified atom stereocenters. The molecule has 7 nitrogen and oxygen atoms in total. The summed E-state index contributed by atoms with van der Waals surface area (Å²) >= 11 is 0. The number of carbonyl (C=O) groups is 3. The van der Waals surface area contributed by atoms with Gasteiger partial charge in [0, 0.05) is 12.8 Å². The van der Waals surface area contributed by atoms with Gasteiger partial charge in [-0.05, 0) is 42.0 Å². The fraction of sp³-hybridized carbons (Fsp3) is 0.370. The number of nitrogens with one attached hydrogen (secondary N) is 2. The van der Waals surface area contributed by atoms with Crippen molar-refractivity contribution in [2.24, 2.45) is 5.92 Å².